The average molecular weight is 337 g/mol. The molecule has 1 aromatic heterocycles. The van der Waals surface area contributed by atoms with E-state index in [4.69, 9.17) is 5.11 Å². The molecule has 0 aliphatic carbocycles. The van der Waals surface area contributed by atoms with E-state index in [1.54, 1.807) is 31.8 Å². The number of aromatic nitrogens is 2. The van der Waals surface area contributed by atoms with Crippen molar-refractivity contribution in [1.82, 2.24) is 14.5 Å². The van der Waals surface area contributed by atoms with Crippen LogP contribution in [-0.2, 0) is 17.1 Å². The molecule has 0 aliphatic heterocycles. The van der Waals surface area contributed by atoms with Gasteiger partial charge in [-0.15, -0.1) is 0 Å². The molecular formula is C15H19N3O4S. The summed E-state index contributed by atoms with van der Waals surface area (Å²) in [5.74, 6) is -1.09. The summed E-state index contributed by atoms with van der Waals surface area (Å²) in [6.45, 7) is 5.17. The van der Waals surface area contributed by atoms with Crippen LogP contribution in [-0.4, -0.2) is 29.3 Å². The van der Waals surface area contributed by atoms with Crippen LogP contribution >= 0.6 is 0 Å². The molecule has 2 aromatic rings. The molecule has 0 saturated carbocycles. The van der Waals surface area contributed by atoms with Gasteiger partial charge in [-0.1, -0.05) is 0 Å². The van der Waals surface area contributed by atoms with E-state index >= 15 is 0 Å². The van der Waals surface area contributed by atoms with Gasteiger partial charge in [0.2, 0.25) is 10.0 Å². The average Bonchev–Trinajstić information content (AvgIpc) is 2.78. The van der Waals surface area contributed by atoms with E-state index in [2.05, 4.69) is 9.82 Å². The molecule has 0 amide bonds. The summed E-state index contributed by atoms with van der Waals surface area (Å²) in [5, 5.41) is 13.1. The maximum atomic E-state index is 12.6. The molecular weight excluding hydrogens is 318 g/mol. The van der Waals surface area contributed by atoms with E-state index in [-0.39, 0.29) is 10.5 Å². The molecule has 1 atom stereocenters. The highest BCUT2D eigenvalue weighted by atomic mass is 32.2. The lowest BCUT2D eigenvalue weighted by atomic mass is 10.1. The van der Waals surface area contributed by atoms with Gasteiger partial charge in [0, 0.05) is 24.3 Å². The minimum Gasteiger partial charge on any atom is -0.478 e. The number of sulfonamides is 1. The fourth-order valence-corrected chi connectivity index (χ4v) is 3.83. The summed E-state index contributed by atoms with van der Waals surface area (Å²) in [7, 11) is -1.98. The van der Waals surface area contributed by atoms with E-state index in [0.29, 0.717) is 5.56 Å². The van der Waals surface area contributed by atoms with E-state index in [0.717, 1.165) is 11.3 Å². The highest BCUT2D eigenvalue weighted by Crippen LogP contribution is 2.22. The molecule has 2 N–H and O–H groups in total. The monoisotopic (exact) mass is 337 g/mol. The van der Waals surface area contributed by atoms with Crippen molar-refractivity contribution in [3.05, 3.63) is 46.8 Å². The molecule has 1 heterocycles. The Balaban J connectivity index is 2.32. The van der Waals surface area contributed by atoms with Crippen LogP contribution in [0.15, 0.2) is 29.3 Å². The zero-order valence-corrected chi connectivity index (χ0v) is 14.2. The SMILES string of the molecule is Cc1cc(C(=O)O)ccc1S(=O)(=O)NC(C)c1cnn(C)c1C. The Morgan fingerprint density at radius 2 is 2.00 bits per heavy atom. The van der Waals surface area contributed by atoms with Gasteiger partial charge in [0.15, 0.2) is 0 Å². The van der Waals surface area contributed by atoms with Crippen LogP contribution in [0.25, 0.3) is 0 Å². The predicted octanol–water partition coefficient (Wildman–Crippen LogP) is 1.77. The number of aromatic carboxylic acids is 1. The predicted molar refractivity (Wildman–Crippen MR) is 84.8 cm³/mol. The minimum absolute atomic E-state index is 0.0533. The minimum atomic E-state index is -3.77. The first-order chi connectivity index (χ1) is 10.6. The zero-order chi connectivity index (χ0) is 17.4. The van der Waals surface area contributed by atoms with Gasteiger partial charge < -0.3 is 5.11 Å². The quantitative estimate of drug-likeness (QED) is 0.866. The number of aryl methyl sites for hydroxylation is 2. The first-order valence-electron chi connectivity index (χ1n) is 6.98. The number of rotatable bonds is 5. The Morgan fingerprint density at radius 3 is 2.48 bits per heavy atom. The molecule has 0 bridgehead atoms. The van der Waals surface area contributed by atoms with Crippen LogP contribution < -0.4 is 4.72 Å². The molecule has 23 heavy (non-hydrogen) atoms. The van der Waals surface area contributed by atoms with E-state index in [9.17, 15) is 13.2 Å². The number of hydrogen-bond donors (Lipinski definition) is 2. The van der Waals surface area contributed by atoms with Crippen molar-refractivity contribution in [3.8, 4) is 0 Å². The topological polar surface area (TPSA) is 101 Å². The number of hydrogen-bond acceptors (Lipinski definition) is 4. The van der Waals surface area contributed by atoms with Crippen molar-refractivity contribution in [2.45, 2.75) is 31.7 Å². The summed E-state index contributed by atoms with van der Waals surface area (Å²) >= 11 is 0. The van der Waals surface area contributed by atoms with Crippen LogP contribution in [0.2, 0.25) is 0 Å². The normalized spacial score (nSPS) is 13.0. The number of nitrogens with zero attached hydrogens (tertiary/aromatic N) is 2. The summed E-state index contributed by atoms with van der Waals surface area (Å²) in [6.07, 6.45) is 1.63. The van der Waals surface area contributed by atoms with E-state index in [1.807, 2.05) is 6.92 Å². The summed E-state index contributed by atoms with van der Waals surface area (Å²) in [5.41, 5.74) is 2.10. The number of benzene rings is 1. The van der Waals surface area contributed by atoms with Crippen LogP contribution in [0.5, 0.6) is 0 Å². The van der Waals surface area contributed by atoms with E-state index < -0.39 is 22.0 Å². The van der Waals surface area contributed by atoms with Crippen molar-refractivity contribution >= 4 is 16.0 Å². The molecule has 0 spiro atoms. The van der Waals surface area contributed by atoms with Crippen LogP contribution in [0.3, 0.4) is 0 Å². The van der Waals surface area contributed by atoms with Crippen LogP contribution in [0.4, 0.5) is 0 Å². The summed E-state index contributed by atoms with van der Waals surface area (Å²) in [6, 6.07) is 3.48. The second kappa shape index (κ2) is 6.13. The van der Waals surface area contributed by atoms with Gasteiger partial charge in [-0.2, -0.15) is 5.10 Å². The Labute approximate surface area is 135 Å². The van der Waals surface area contributed by atoms with Crippen LogP contribution in [0.1, 0.15) is 40.1 Å². The third-order valence-electron chi connectivity index (χ3n) is 3.78. The van der Waals surface area contributed by atoms with Gasteiger partial charge in [-0.05, 0) is 44.5 Å². The van der Waals surface area contributed by atoms with Crippen molar-refractivity contribution in [1.29, 1.82) is 0 Å². The van der Waals surface area contributed by atoms with E-state index in [1.165, 1.54) is 18.2 Å². The van der Waals surface area contributed by atoms with Gasteiger partial charge in [0.1, 0.15) is 0 Å². The van der Waals surface area contributed by atoms with Gasteiger partial charge in [0.05, 0.1) is 16.7 Å². The number of nitrogens with one attached hydrogen (secondary N) is 1. The molecule has 8 heteroatoms. The first kappa shape index (κ1) is 17.2. The second-order valence-corrected chi connectivity index (χ2v) is 7.12. The standard InChI is InChI=1S/C15H19N3O4S/c1-9-7-12(15(19)20)5-6-14(9)23(21,22)17-10(2)13-8-16-18(4)11(13)3/h5-8,10,17H,1-4H3,(H,19,20). The number of carboxylic acids is 1. The molecule has 1 unspecified atom stereocenters. The lowest BCUT2D eigenvalue weighted by Crippen LogP contribution is -2.27. The van der Waals surface area contributed by atoms with Crippen LogP contribution in [0, 0.1) is 13.8 Å². The van der Waals surface area contributed by atoms with Gasteiger partial charge in [-0.3, -0.25) is 4.68 Å². The first-order valence-corrected chi connectivity index (χ1v) is 8.46. The maximum Gasteiger partial charge on any atom is 0.335 e. The molecule has 2 rings (SSSR count). The lowest BCUT2D eigenvalue weighted by Gasteiger charge is -2.15. The third-order valence-corrected chi connectivity index (χ3v) is 5.48. The lowest BCUT2D eigenvalue weighted by molar-refractivity contribution is 0.0696. The van der Waals surface area contributed by atoms with Crippen molar-refractivity contribution in [3.63, 3.8) is 0 Å². The summed E-state index contributed by atoms with van der Waals surface area (Å²) < 4.78 is 29.4. The molecule has 0 radical (unpaired) electrons. The Morgan fingerprint density at radius 1 is 1.35 bits per heavy atom. The Bertz CT molecular complexity index is 856. The highest BCUT2D eigenvalue weighted by Gasteiger charge is 2.23. The fourth-order valence-electron chi connectivity index (χ4n) is 2.38. The Kier molecular flexibility index (Phi) is 4.58. The molecule has 0 aliphatic rings. The second-order valence-electron chi connectivity index (χ2n) is 5.44. The molecule has 124 valence electrons. The Hall–Kier alpha value is -2.19. The van der Waals surface area contributed by atoms with Crippen molar-refractivity contribution in [2.75, 3.05) is 0 Å². The van der Waals surface area contributed by atoms with Gasteiger partial charge in [-0.25, -0.2) is 17.9 Å². The largest absolute Gasteiger partial charge is 0.478 e. The molecule has 0 saturated heterocycles. The van der Waals surface area contributed by atoms with Crippen molar-refractivity contribution < 1.29 is 18.3 Å². The molecule has 1 aromatic carbocycles. The summed E-state index contributed by atoms with van der Waals surface area (Å²) in [4.78, 5) is 11.0. The molecule has 7 nitrogen and oxygen atoms in total. The smallest absolute Gasteiger partial charge is 0.335 e. The van der Waals surface area contributed by atoms with Crippen molar-refractivity contribution in [2.24, 2.45) is 7.05 Å². The molecule has 0 fully saturated rings. The number of carboxylic acid groups (broad SMARTS) is 1. The fraction of sp³-hybridized carbons (Fsp3) is 0.333. The number of carbonyl (C=O) groups is 1. The highest BCUT2D eigenvalue weighted by molar-refractivity contribution is 7.89. The van der Waals surface area contributed by atoms with Gasteiger partial charge in [0.25, 0.3) is 0 Å². The maximum absolute atomic E-state index is 12.6. The zero-order valence-electron chi connectivity index (χ0n) is 13.4. The third kappa shape index (κ3) is 3.43. The van der Waals surface area contributed by atoms with Gasteiger partial charge >= 0.3 is 5.97 Å².